The fourth-order valence-corrected chi connectivity index (χ4v) is 1.78. The molecule has 0 heterocycles. The van der Waals surface area contributed by atoms with Crippen molar-refractivity contribution in [3.63, 3.8) is 0 Å². The standard InChI is InChI=1S/C14H22ClNO/c1-4-14(3,10-17)9-16-11(2)12-6-5-7-13(15)8-12/h5-8,11,16-17H,4,9-10H2,1-3H3/t11-,14?/m1/s1. The molecule has 0 bridgehead atoms. The maximum atomic E-state index is 9.35. The minimum Gasteiger partial charge on any atom is -0.396 e. The third kappa shape index (κ3) is 4.30. The zero-order valence-corrected chi connectivity index (χ0v) is 11.6. The molecule has 2 nitrogen and oxygen atoms in total. The molecule has 3 heteroatoms. The number of halogens is 1. The lowest BCUT2D eigenvalue weighted by molar-refractivity contribution is 0.132. The summed E-state index contributed by atoms with van der Waals surface area (Å²) < 4.78 is 0. The highest BCUT2D eigenvalue weighted by atomic mass is 35.5. The molecule has 0 spiro atoms. The molecule has 1 rings (SSSR count). The quantitative estimate of drug-likeness (QED) is 0.817. The van der Waals surface area contributed by atoms with Gasteiger partial charge in [0.05, 0.1) is 0 Å². The van der Waals surface area contributed by atoms with E-state index in [0.717, 1.165) is 18.0 Å². The Morgan fingerprint density at radius 1 is 1.47 bits per heavy atom. The number of nitrogens with one attached hydrogen (secondary N) is 1. The second-order valence-electron chi connectivity index (χ2n) is 4.98. The van der Waals surface area contributed by atoms with E-state index in [1.807, 2.05) is 18.2 Å². The van der Waals surface area contributed by atoms with Crippen LogP contribution in [0.1, 0.15) is 38.8 Å². The van der Waals surface area contributed by atoms with Crippen LogP contribution >= 0.6 is 11.6 Å². The Bertz CT molecular complexity index is 350. The summed E-state index contributed by atoms with van der Waals surface area (Å²) in [6.45, 7) is 7.30. The molecule has 2 N–H and O–H groups in total. The molecule has 0 aliphatic heterocycles. The van der Waals surface area contributed by atoms with E-state index in [-0.39, 0.29) is 18.1 Å². The van der Waals surface area contributed by atoms with Gasteiger partial charge in [0.15, 0.2) is 0 Å². The highest BCUT2D eigenvalue weighted by Crippen LogP contribution is 2.22. The average molecular weight is 256 g/mol. The minimum absolute atomic E-state index is 0.0488. The van der Waals surface area contributed by atoms with Gasteiger partial charge in [-0.15, -0.1) is 0 Å². The summed E-state index contributed by atoms with van der Waals surface area (Å²) in [5.41, 5.74) is 1.13. The first-order chi connectivity index (χ1) is 8.00. The first-order valence-electron chi connectivity index (χ1n) is 6.10. The van der Waals surface area contributed by atoms with E-state index in [2.05, 4.69) is 32.2 Å². The van der Waals surface area contributed by atoms with Gasteiger partial charge in [0.25, 0.3) is 0 Å². The maximum Gasteiger partial charge on any atom is 0.0496 e. The maximum absolute atomic E-state index is 9.35. The van der Waals surface area contributed by atoms with Crippen molar-refractivity contribution < 1.29 is 5.11 Å². The number of rotatable bonds is 6. The Labute approximate surface area is 109 Å². The van der Waals surface area contributed by atoms with Gasteiger partial charge in [-0.2, -0.15) is 0 Å². The molecule has 0 aliphatic rings. The Morgan fingerprint density at radius 3 is 2.71 bits per heavy atom. The molecule has 17 heavy (non-hydrogen) atoms. The fourth-order valence-electron chi connectivity index (χ4n) is 1.59. The Kier molecular flexibility index (Phi) is 5.44. The summed E-state index contributed by atoms with van der Waals surface area (Å²) in [6, 6.07) is 8.11. The van der Waals surface area contributed by atoms with Gasteiger partial charge >= 0.3 is 0 Å². The molecule has 1 unspecified atom stereocenters. The molecule has 96 valence electrons. The van der Waals surface area contributed by atoms with Crippen LogP contribution in [0, 0.1) is 5.41 Å². The number of benzene rings is 1. The van der Waals surface area contributed by atoms with E-state index >= 15 is 0 Å². The highest BCUT2D eigenvalue weighted by Gasteiger charge is 2.21. The molecule has 2 atom stereocenters. The van der Waals surface area contributed by atoms with Crippen molar-refractivity contribution in [2.45, 2.75) is 33.2 Å². The van der Waals surface area contributed by atoms with Crippen LogP contribution < -0.4 is 5.32 Å². The molecule has 0 fully saturated rings. The first-order valence-corrected chi connectivity index (χ1v) is 6.48. The van der Waals surface area contributed by atoms with E-state index < -0.39 is 0 Å². The number of hydrogen-bond acceptors (Lipinski definition) is 2. The molecule has 0 saturated heterocycles. The van der Waals surface area contributed by atoms with Crippen molar-refractivity contribution in [2.24, 2.45) is 5.41 Å². The van der Waals surface area contributed by atoms with Crippen LogP contribution in [0.4, 0.5) is 0 Å². The summed E-state index contributed by atoms with van der Waals surface area (Å²) in [7, 11) is 0. The largest absolute Gasteiger partial charge is 0.396 e. The van der Waals surface area contributed by atoms with Crippen LogP contribution in [0.25, 0.3) is 0 Å². The monoisotopic (exact) mass is 255 g/mol. The summed E-state index contributed by atoms with van der Waals surface area (Å²) >= 11 is 5.97. The van der Waals surface area contributed by atoms with Gasteiger partial charge < -0.3 is 10.4 Å². The van der Waals surface area contributed by atoms with Crippen LogP contribution in [0.2, 0.25) is 5.02 Å². The Hall–Kier alpha value is -0.570. The van der Waals surface area contributed by atoms with Crippen LogP contribution in [0.3, 0.4) is 0 Å². The molecular formula is C14H22ClNO. The van der Waals surface area contributed by atoms with Crippen molar-refractivity contribution in [2.75, 3.05) is 13.2 Å². The fraction of sp³-hybridized carbons (Fsp3) is 0.571. The second-order valence-corrected chi connectivity index (χ2v) is 5.42. The molecule has 0 amide bonds. The minimum atomic E-state index is -0.0488. The lowest BCUT2D eigenvalue weighted by Crippen LogP contribution is -2.35. The summed E-state index contributed by atoms with van der Waals surface area (Å²) in [4.78, 5) is 0. The van der Waals surface area contributed by atoms with Crippen molar-refractivity contribution >= 4 is 11.6 Å². The third-order valence-corrected chi connectivity index (χ3v) is 3.65. The number of aliphatic hydroxyl groups excluding tert-OH is 1. The van der Waals surface area contributed by atoms with Crippen LogP contribution in [0.15, 0.2) is 24.3 Å². The van der Waals surface area contributed by atoms with Crippen LogP contribution in [0.5, 0.6) is 0 Å². The van der Waals surface area contributed by atoms with Gasteiger partial charge in [0, 0.05) is 29.6 Å². The molecule has 0 saturated carbocycles. The molecule has 1 aromatic carbocycles. The average Bonchev–Trinajstić information content (AvgIpc) is 2.35. The summed E-state index contributed by atoms with van der Waals surface area (Å²) in [5.74, 6) is 0. The Balaban J connectivity index is 2.58. The SMILES string of the molecule is CCC(C)(CO)CN[C@H](C)c1cccc(Cl)c1. The van der Waals surface area contributed by atoms with Crippen LogP contribution in [-0.4, -0.2) is 18.3 Å². The van der Waals surface area contributed by atoms with E-state index in [0.29, 0.717) is 0 Å². The predicted molar refractivity (Wildman–Crippen MR) is 73.4 cm³/mol. The van der Waals surface area contributed by atoms with Gasteiger partial charge in [0.1, 0.15) is 0 Å². The van der Waals surface area contributed by atoms with Gasteiger partial charge in [-0.05, 0) is 31.0 Å². The van der Waals surface area contributed by atoms with E-state index in [9.17, 15) is 5.11 Å². The summed E-state index contributed by atoms with van der Waals surface area (Å²) in [5, 5.41) is 13.6. The molecule has 0 aliphatic carbocycles. The van der Waals surface area contributed by atoms with E-state index in [1.165, 1.54) is 5.56 Å². The number of hydrogen-bond donors (Lipinski definition) is 2. The number of aliphatic hydroxyl groups is 1. The molecule has 0 aromatic heterocycles. The van der Waals surface area contributed by atoms with Crippen molar-refractivity contribution in [3.05, 3.63) is 34.9 Å². The van der Waals surface area contributed by atoms with E-state index in [1.54, 1.807) is 0 Å². The van der Waals surface area contributed by atoms with Gasteiger partial charge in [-0.25, -0.2) is 0 Å². The second kappa shape index (κ2) is 6.39. The molecular weight excluding hydrogens is 234 g/mol. The van der Waals surface area contributed by atoms with Crippen molar-refractivity contribution in [1.82, 2.24) is 5.32 Å². The van der Waals surface area contributed by atoms with Crippen molar-refractivity contribution in [1.29, 1.82) is 0 Å². The van der Waals surface area contributed by atoms with E-state index in [4.69, 9.17) is 11.6 Å². The normalized spacial score (nSPS) is 16.5. The topological polar surface area (TPSA) is 32.3 Å². The summed E-state index contributed by atoms with van der Waals surface area (Å²) in [6.07, 6.45) is 0.957. The Morgan fingerprint density at radius 2 is 2.18 bits per heavy atom. The molecule has 0 radical (unpaired) electrons. The lowest BCUT2D eigenvalue weighted by atomic mass is 9.88. The smallest absolute Gasteiger partial charge is 0.0496 e. The lowest BCUT2D eigenvalue weighted by Gasteiger charge is -2.28. The van der Waals surface area contributed by atoms with Crippen LogP contribution in [-0.2, 0) is 0 Å². The predicted octanol–water partition coefficient (Wildman–Crippen LogP) is 3.40. The van der Waals surface area contributed by atoms with Gasteiger partial charge in [-0.3, -0.25) is 0 Å². The van der Waals surface area contributed by atoms with Gasteiger partial charge in [-0.1, -0.05) is 37.6 Å². The van der Waals surface area contributed by atoms with Gasteiger partial charge in [0.2, 0.25) is 0 Å². The first kappa shape index (κ1) is 14.5. The highest BCUT2D eigenvalue weighted by molar-refractivity contribution is 6.30. The third-order valence-electron chi connectivity index (χ3n) is 3.42. The zero-order chi connectivity index (χ0) is 12.9. The molecule has 1 aromatic rings. The zero-order valence-electron chi connectivity index (χ0n) is 10.8. The van der Waals surface area contributed by atoms with Crippen molar-refractivity contribution in [3.8, 4) is 0 Å².